The molecule has 0 fully saturated rings. The zero-order valence-corrected chi connectivity index (χ0v) is 24.8. The number of anilines is 1. The highest BCUT2D eigenvalue weighted by molar-refractivity contribution is 7.99. The smallest absolute Gasteiger partial charge is 0.341 e. The maximum atomic E-state index is 13.0. The molecule has 0 radical (unpaired) electrons. The van der Waals surface area contributed by atoms with E-state index in [1.807, 2.05) is 55.7 Å². The number of aryl methyl sites for hydroxylation is 1. The maximum Gasteiger partial charge on any atom is 0.341 e. The van der Waals surface area contributed by atoms with Crippen molar-refractivity contribution in [2.45, 2.75) is 38.6 Å². The van der Waals surface area contributed by atoms with E-state index in [1.165, 1.54) is 30.2 Å². The topological polar surface area (TPSA) is 95.3 Å². The number of carbonyl (C=O) groups is 2. The van der Waals surface area contributed by atoms with Gasteiger partial charge in [-0.25, -0.2) is 4.79 Å². The van der Waals surface area contributed by atoms with Crippen molar-refractivity contribution < 1.29 is 19.1 Å². The quantitative estimate of drug-likeness (QED) is 0.150. The fourth-order valence-electron chi connectivity index (χ4n) is 3.99. The van der Waals surface area contributed by atoms with Crippen LogP contribution in [0.3, 0.4) is 0 Å². The van der Waals surface area contributed by atoms with Gasteiger partial charge >= 0.3 is 5.97 Å². The van der Waals surface area contributed by atoms with Crippen molar-refractivity contribution in [2.75, 3.05) is 18.2 Å². The molecule has 4 rings (SSSR count). The van der Waals surface area contributed by atoms with Crippen LogP contribution in [-0.4, -0.2) is 39.5 Å². The second-order valence-electron chi connectivity index (χ2n) is 8.35. The number of aromatic nitrogens is 3. The average Bonchev–Trinajstić information content (AvgIpc) is 3.49. The molecule has 1 atom stereocenters. The third-order valence-corrected chi connectivity index (χ3v) is 8.26. The van der Waals surface area contributed by atoms with Gasteiger partial charge in [0.15, 0.2) is 17.1 Å². The van der Waals surface area contributed by atoms with Crippen molar-refractivity contribution in [2.24, 2.45) is 0 Å². The van der Waals surface area contributed by atoms with Crippen LogP contribution in [0, 0.1) is 6.92 Å². The summed E-state index contributed by atoms with van der Waals surface area (Å²) in [4.78, 5) is 26.6. The molecule has 0 bridgehead atoms. The van der Waals surface area contributed by atoms with Gasteiger partial charge in [-0.15, -0.1) is 21.5 Å². The molecule has 0 spiro atoms. The molecule has 39 heavy (non-hydrogen) atoms. The highest BCUT2D eigenvalue weighted by Gasteiger charge is 2.26. The number of thioether (sulfide) groups is 1. The summed E-state index contributed by atoms with van der Waals surface area (Å²) in [7, 11) is 1.33. The Bertz CT molecular complexity index is 1490. The van der Waals surface area contributed by atoms with Crippen molar-refractivity contribution in [1.82, 2.24) is 14.8 Å². The Morgan fingerprint density at radius 1 is 1.15 bits per heavy atom. The first-order valence-corrected chi connectivity index (χ1v) is 14.5. The molecular formula is C27H26Cl2N4O4S2. The molecule has 2 aromatic heterocycles. The Hall–Kier alpha value is -3.05. The van der Waals surface area contributed by atoms with Gasteiger partial charge in [-0.1, -0.05) is 65.3 Å². The van der Waals surface area contributed by atoms with E-state index in [0.717, 1.165) is 16.0 Å². The number of methoxy groups -OCH3 is 1. The number of esters is 1. The molecule has 0 aliphatic carbocycles. The summed E-state index contributed by atoms with van der Waals surface area (Å²) < 4.78 is 12.9. The maximum absolute atomic E-state index is 13.0. The fraction of sp³-hybridized carbons (Fsp3) is 0.259. The number of nitrogens with zero attached hydrogens (tertiary/aromatic N) is 3. The standard InChI is InChI=1S/C27H26Cl2N4O4S2/c1-5-33-24(15(2)37-20-12-11-18(28)13-19(20)29)31-32-27(33)38-14-21(34)30-25-23(26(35)36-4)22(16(3)39-25)17-9-7-6-8-10-17/h6-13,15H,5,14H2,1-4H3,(H,30,34). The molecule has 1 N–H and O–H groups in total. The summed E-state index contributed by atoms with van der Waals surface area (Å²) in [5.41, 5.74) is 1.97. The molecule has 8 nitrogen and oxygen atoms in total. The van der Waals surface area contributed by atoms with Crippen LogP contribution in [0.25, 0.3) is 11.1 Å². The predicted molar refractivity (Wildman–Crippen MR) is 156 cm³/mol. The summed E-state index contributed by atoms with van der Waals surface area (Å²) in [6.45, 7) is 6.29. The van der Waals surface area contributed by atoms with E-state index >= 15 is 0 Å². The average molecular weight is 606 g/mol. The lowest BCUT2D eigenvalue weighted by molar-refractivity contribution is -0.113. The van der Waals surface area contributed by atoms with Crippen LogP contribution in [-0.2, 0) is 16.1 Å². The minimum absolute atomic E-state index is 0.0641. The van der Waals surface area contributed by atoms with Gasteiger partial charge in [0.05, 0.1) is 17.9 Å². The number of benzene rings is 2. The molecular weight excluding hydrogens is 579 g/mol. The first-order valence-electron chi connectivity index (χ1n) is 12.0. The normalized spacial score (nSPS) is 11.7. The number of ether oxygens (including phenoxy) is 2. The lowest BCUT2D eigenvalue weighted by Gasteiger charge is -2.16. The molecule has 0 aliphatic heterocycles. The molecule has 0 saturated carbocycles. The minimum atomic E-state index is -0.508. The van der Waals surface area contributed by atoms with Crippen molar-refractivity contribution >= 4 is 63.2 Å². The molecule has 1 unspecified atom stereocenters. The van der Waals surface area contributed by atoms with Crippen LogP contribution in [0.1, 0.15) is 41.0 Å². The molecule has 1 amide bonds. The van der Waals surface area contributed by atoms with E-state index in [9.17, 15) is 9.59 Å². The Kier molecular flexibility index (Phi) is 9.55. The second kappa shape index (κ2) is 12.9. The van der Waals surface area contributed by atoms with Crippen molar-refractivity contribution in [3.63, 3.8) is 0 Å². The first-order chi connectivity index (χ1) is 18.7. The van der Waals surface area contributed by atoms with E-state index in [1.54, 1.807) is 18.2 Å². The zero-order chi connectivity index (χ0) is 28.1. The van der Waals surface area contributed by atoms with Gasteiger partial charge in [-0.3, -0.25) is 4.79 Å². The molecule has 4 aromatic rings. The van der Waals surface area contributed by atoms with Gasteiger partial charge < -0.3 is 19.4 Å². The van der Waals surface area contributed by atoms with Gasteiger partial charge in [0.25, 0.3) is 0 Å². The van der Waals surface area contributed by atoms with Gasteiger partial charge in [-0.2, -0.15) is 0 Å². The third kappa shape index (κ3) is 6.58. The van der Waals surface area contributed by atoms with Crippen LogP contribution >= 0.6 is 46.3 Å². The van der Waals surface area contributed by atoms with E-state index in [-0.39, 0.29) is 11.7 Å². The van der Waals surface area contributed by atoms with Gasteiger partial charge in [0.1, 0.15) is 16.3 Å². The van der Waals surface area contributed by atoms with E-state index in [2.05, 4.69) is 15.5 Å². The van der Waals surface area contributed by atoms with Crippen LogP contribution in [0.5, 0.6) is 5.75 Å². The Balaban J connectivity index is 1.48. The van der Waals surface area contributed by atoms with Crippen molar-refractivity contribution in [3.05, 3.63) is 74.8 Å². The number of halogens is 2. The van der Waals surface area contributed by atoms with Crippen LogP contribution in [0.15, 0.2) is 53.7 Å². The SMILES string of the molecule is CCn1c(SCC(=O)Nc2sc(C)c(-c3ccccc3)c2C(=O)OC)nnc1C(C)Oc1ccc(Cl)cc1Cl. The number of hydrogen-bond acceptors (Lipinski definition) is 8. The zero-order valence-electron chi connectivity index (χ0n) is 21.7. The highest BCUT2D eigenvalue weighted by atomic mass is 35.5. The summed E-state index contributed by atoms with van der Waals surface area (Å²) in [5.74, 6) is 0.354. The number of hydrogen-bond donors (Lipinski definition) is 1. The first kappa shape index (κ1) is 28.9. The van der Waals surface area contributed by atoms with Crippen LogP contribution < -0.4 is 10.1 Å². The monoisotopic (exact) mass is 604 g/mol. The number of thiophene rings is 1. The molecule has 0 saturated heterocycles. The van der Waals surface area contributed by atoms with Crippen molar-refractivity contribution in [3.8, 4) is 16.9 Å². The molecule has 204 valence electrons. The molecule has 2 heterocycles. The lowest BCUT2D eigenvalue weighted by atomic mass is 10.0. The van der Waals surface area contributed by atoms with Gasteiger partial charge in [-0.05, 0) is 44.5 Å². The molecule has 2 aromatic carbocycles. The number of carbonyl (C=O) groups excluding carboxylic acids is 2. The number of nitrogens with one attached hydrogen (secondary N) is 1. The Morgan fingerprint density at radius 3 is 2.56 bits per heavy atom. The second-order valence-corrected chi connectivity index (χ2v) is 11.4. The summed E-state index contributed by atoms with van der Waals surface area (Å²) in [6.07, 6.45) is -0.451. The third-order valence-electron chi connectivity index (χ3n) is 5.74. The largest absolute Gasteiger partial charge is 0.481 e. The van der Waals surface area contributed by atoms with Gasteiger partial charge in [0.2, 0.25) is 5.91 Å². The summed E-state index contributed by atoms with van der Waals surface area (Å²) in [6, 6.07) is 14.6. The molecule has 0 aliphatic rings. The van der Waals surface area contributed by atoms with E-state index in [4.69, 9.17) is 32.7 Å². The fourth-order valence-corrected chi connectivity index (χ4v) is 6.34. The predicted octanol–water partition coefficient (Wildman–Crippen LogP) is 7.30. The van der Waals surface area contributed by atoms with E-state index in [0.29, 0.717) is 43.9 Å². The van der Waals surface area contributed by atoms with E-state index < -0.39 is 12.1 Å². The highest BCUT2D eigenvalue weighted by Crippen LogP contribution is 2.40. The lowest BCUT2D eigenvalue weighted by Crippen LogP contribution is -2.17. The van der Waals surface area contributed by atoms with Crippen LogP contribution in [0.2, 0.25) is 10.0 Å². The Morgan fingerprint density at radius 2 is 1.90 bits per heavy atom. The number of amides is 1. The Labute approximate surface area is 244 Å². The summed E-state index contributed by atoms with van der Waals surface area (Å²) >= 11 is 14.8. The number of rotatable bonds is 10. The van der Waals surface area contributed by atoms with Crippen LogP contribution in [0.4, 0.5) is 5.00 Å². The summed E-state index contributed by atoms with van der Waals surface area (Å²) in [5, 5.41) is 13.4. The minimum Gasteiger partial charge on any atom is -0.481 e. The molecule has 12 heteroatoms. The van der Waals surface area contributed by atoms with Crippen molar-refractivity contribution in [1.29, 1.82) is 0 Å². The van der Waals surface area contributed by atoms with Gasteiger partial charge in [0, 0.05) is 22.0 Å².